The Kier molecular flexibility index (Phi) is 4.65. The molecule has 0 spiro atoms. The summed E-state index contributed by atoms with van der Waals surface area (Å²) in [6.07, 6.45) is 1.19. The van der Waals surface area contributed by atoms with Crippen LogP contribution in [0.2, 0.25) is 0 Å². The summed E-state index contributed by atoms with van der Waals surface area (Å²) < 4.78 is 10.3. The van der Waals surface area contributed by atoms with Crippen LogP contribution in [0, 0.1) is 0 Å². The van der Waals surface area contributed by atoms with Crippen LogP contribution in [0.3, 0.4) is 0 Å². The molecule has 0 unspecified atom stereocenters. The predicted octanol–water partition coefficient (Wildman–Crippen LogP) is 2.60. The van der Waals surface area contributed by atoms with Crippen molar-refractivity contribution in [1.82, 2.24) is 0 Å². The van der Waals surface area contributed by atoms with Crippen molar-refractivity contribution in [2.24, 2.45) is 0 Å². The molecule has 5 heteroatoms. The maximum atomic E-state index is 11.7. The minimum absolute atomic E-state index is 0.165. The summed E-state index contributed by atoms with van der Waals surface area (Å²) in [6.45, 7) is 7.31. The number of benzene rings is 1. The van der Waals surface area contributed by atoms with E-state index in [-0.39, 0.29) is 12.3 Å². The molecular formula is C17H19NO4. The van der Waals surface area contributed by atoms with E-state index in [1.165, 1.54) is 0 Å². The van der Waals surface area contributed by atoms with Gasteiger partial charge in [0.05, 0.1) is 6.61 Å². The van der Waals surface area contributed by atoms with E-state index in [2.05, 4.69) is 6.58 Å². The zero-order valence-corrected chi connectivity index (χ0v) is 12.8. The van der Waals surface area contributed by atoms with Gasteiger partial charge in [0.25, 0.3) is 0 Å². The number of rotatable bonds is 5. The topological polar surface area (TPSA) is 82.5 Å². The third-order valence-electron chi connectivity index (χ3n) is 3.44. The van der Waals surface area contributed by atoms with Crippen molar-refractivity contribution in [3.05, 3.63) is 51.9 Å². The molecule has 2 aromatic rings. The van der Waals surface area contributed by atoms with Gasteiger partial charge >= 0.3 is 11.6 Å². The van der Waals surface area contributed by atoms with E-state index in [1.54, 1.807) is 13.0 Å². The van der Waals surface area contributed by atoms with Crippen LogP contribution in [0.5, 0.6) is 0 Å². The zero-order chi connectivity index (χ0) is 16.3. The Bertz CT molecular complexity index is 789. The summed E-state index contributed by atoms with van der Waals surface area (Å²) in [6, 6.07) is 5.57. The second-order valence-electron chi connectivity index (χ2n) is 5.13. The monoisotopic (exact) mass is 301 g/mol. The fourth-order valence-electron chi connectivity index (χ4n) is 2.24. The van der Waals surface area contributed by atoms with Gasteiger partial charge in [0.1, 0.15) is 11.3 Å². The van der Waals surface area contributed by atoms with E-state index < -0.39 is 11.6 Å². The summed E-state index contributed by atoms with van der Waals surface area (Å²) in [5.74, 6) is -0.409. The van der Waals surface area contributed by atoms with Crippen molar-refractivity contribution in [2.75, 3.05) is 12.3 Å². The largest absolute Gasteiger partial charge is 0.462 e. The summed E-state index contributed by atoms with van der Waals surface area (Å²) >= 11 is 0. The third-order valence-corrected chi connectivity index (χ3v) is 3.44. The van der Waals surface area contributed by atoms with E-state index in [9.17, 15) is 9.59 Å². The van der Waals surface area contributed by atoms with Crippen LogP contribution < -0.4 is 11.4 Å². The number of esters is 1. The van der Waals surface area contributed by atoms with Crippen LogP contribution in [0.25, 0.3) is 11.0 Å². The van der Waals surface area contributed by atoms with Crippen molar-refractivity contribution in [3.63, 3.8) is 0 Å². The number of hydrogen-bond acceptors (Lipinski definition) is 5. The van der Waals surface area contributed by atoms with Crippen molar-refractivity contribution < 1.29 is 13.9 Å². The lowest BCUT2D eigenvalue weighted by atomic mass is 10.0. The first-order valence-corrected chi connectivity index (χ1v) is 7.10. The molecule has 2 rings (SSSR count). The second kappa shape index (κ2) is 6.47. The number of ether oxygens (including phenoxy) is 1. The molecule has 0 radical (unpaired) electrons. The number of aryl methyl sites for hydroxylation is 1. The maximum absolute atomic E-state index is 11.7. The smallest absolute Gasteiger partial charge is 0.359 e. The molecule has 0 aliphatic heterocycles. The van der Waals surface area contributed by atoms with Crippen molar-refractivity contribution >= 4 is 22.6 Å². The van der Waals surface area contributed by atoms with E-state index >= 15 is 0 Å². The van der Waals surface area contributed by atoms with Crippen LogP contribution in [-0.2, 0) is 22.4 Å². The number of fused-ring (bicyclic) bond motifs is 1. The SMILES string of the molecule is C=C(C)C(=O)OCCc1ccc2c(CC)c(N)c(=O)oc2c1. The summed E-state index contributed by atoms with van der Waals surface area (Å²) in [4.78, 5) is 23.0. The van der Waals surface area contributed by atoms with Gasteiger partial charge < -0.3 is 14.9 Å². The summed E-state index contributed by atoms with van der Waals surface area (Å²) in [7, 11) is 0. The highest BCUT2D eigenvalue weighted by molar-refractivity contribution is 5.87. The Morgan fingerprint density at radius 3 is 2.77 bits per heavy atom. The Labute approximate surface area is 128 Å². The normalized spacial score (nSPS) is 10.6. The van der Waals surface area contributed by atoms with Crippen LogP contribution in [0.4, 0.5) is 5.69 Å². The average molecular weight is 301 g/mol. The van der Waals surface area contributed by atoms with Gasteiger partial charge in [-0.15, -0.1) is 0 Å². The van der Waals surface area contributed by atoms with Crippen LogP contribution in [0.1, 0.15) is 25.0 Å². The number of nitrogens with two attached hydrogens (primary N) is 1. The lowest BCUT2D eigenvalue weighted by molar-refractivity contribution is -0.138. The molecule has 116 valence electrons. The second-order valence-corrected chi connectivity index (χ2v) is 5.13. The van der Waals surface area contributed by atoms with E-state index in [1.807, 2.05) is 19.1 Å². The first-order valence-electron chi connectivity index (χ1n) is 7.10. The molecule has 0 fully saturated rings. The molecule has 1 aromatic carbocycles. The molecule has 0 aliphatic rings. The van der Waals surface area contributed by atoms with Crippen LogP contribution in [0.15, 0.2) is 39.6 Å². The minimum Gasteiger partial charge on any atom is -0.462 e. The molecule has 1 heterocycles. The minimum atomic E-state index is -0.518. The Balaban J connectivity index is 2.24. The first-order chi connectivity index (χ1) is 10.4. The molecule has 0 atom stereocenters. The molecule has 2 N–H and O–H groups in total. The molecule has 22 heavy (non-hydrogen) atoms. The molecular weight excluding hydrogens is 282 g/mol. The Morgan fingerprint density at radius 2 is 2.14 bits per heavy atom. The fraction of sp³-hybridized carbons (Fsp3) is 0.294. The highest BCUT2D eigenvalue weighted by Crippen LogP contribution is 2.23. The van der Waals surface area contributed by atoms with Gasteiger partial charge in [0.15, 0.2) is 0 Å². The van der Waals surface area contributed by atoms with Crippen molar-refractivity contribution in [3.8, 4) is 0 Å². The van der Waals surface area contributed by atoms with Crippen LogP contribution in [-0.4, -0.2) is 12.6 Å². The Morgan fingerprint density at radius 1 is 1.41 bits per heavy atom. The zero-order valence-electron chi connectivity index (χ0n) is 12.8. The Hall–Kier alpha value is -2.56. The lowest BCUT2D eigenvalue weighted by Gasteiger charge is -2.08. The molecule has 0 bridgehead atoms. The molecule has 1 aromatic heterocycles. The van der Waals surface area contributed by atoms with Gasteiger partial charge in [0.2, 0.25) is 0 Å². The highest BCUT2D eigenvalue weighted by Gasteiger charge is 2.11. The molecule has 5 nitrogen and oxygen atoms in total. The summed E-state index contributed by atoms with van der Waals surface area (Å²) in [5.41, 5.74) is 7.99. The molecule has 0 aliphatic carbocycles. The average Bonchev–Trinajstić information content (AvgIpc) is 2.48. The number of carbonyl (C=O) groups is 1. The molecule has 0 amide bonds. The van der Waals surface area contributed by atoms with E-state index in [0.717, 1.165) is 16.5 Å². The van der Waals surface area contributed by atoms with Gasteiger partial charge in [-0.1, -0.05) is 25.6 Å². The maximum Gasteiger partial charge on any atom is 0.359 e. The van der Waals surface area contributed by atoms with Crippen molar-refractivity contribution in [2.45, 2.75) is 26.7 Å². The third kappa shape index (κ3) is 3.19. The highest BCUT2D eigenvalue weighted by atomic mass is 16.5. The van der Waals surface area contributed by atoms with Gasteiger partial charge in [-0.3, -0.25) is 0 Å². The van der Waals surface area contributed by atoms with E-state index in [0.29, 0.717) is 24.0 Å². The standard InChI is InChI=1S/C17H19NO4/c1-4-12-13-6-5-11(7-8-21-16(19)10(2)3)9-14(13)22-17(20)15(12)18/h5-6,9H,2,4,7-8,18H2,1,3H3. The number of carbonyl (C=O) groups excluding carboxylic acids is 1. The van der Waals surface area contributed by atoms with E-state index in [4.69, 9.17) is 14.9 Å². The van der Waals surface area contributed by atoms with Gasteiger partial charge in [-0.05, 0) is 30.5 Å². The van der Waals surface area contributed by atoms with Gasteiger partial charge in [0, 0.05) is 17.4 Å². The van der Waals surface area contributed by atoms with Crippen molar-refractivity contribution in [1.29, 1.82) is 0 Å². The number of hydrogen-bond donors (Lipinski definition) is 1. The number of anilines is 1. The lowest BCUT2D eigenvalue weighted by Crippen LogP contribution is -2.11. The number of nitrogen functional groups attached to an aromatic ring is 1. The van der Waals surface area contributed by atoms with Gasteiger partial charge in [-0.2, -0.15) is 0 Å². The quantitative estimate of drug-likeness (QED) is 0.521. The molecule has 0 saturated heterocycles. The van der Waals surface area contributed by atoms with Gasteiger partial charge in [-0.25, -0.2) is 9.59 Å². The summed E-state index contributed by atoms with van der Waals surface area (Å²) in [5, 5.41) is 0.835. The first kappa shape index (κ1) is 15.8. The molecule has 0 saturated carbocycles. The van der Waals surface area contributed by atoms with Crippen LogP contribution >= 0.6 is 0 Å². The fourth-order valence-corrected chi connectivity index (χ4v) is 2.24. The predicted molar refractivity (Wildman–Crippen MR) is 85.8 cm³/mol.